The first-order chi connectivity index (χ1) is 9.61. The van der Waals surface area contributed by atoms with Crippen LogP contribution in [0.2, 0.25) is 0 Å². The second-order valence-electron chi connectivity index (χ2n) is 4.91. The Morgan fingerprint density at radius 1 is 1.50 bits per heavy atom. The van der Waals surface area contributed by atoms with Gasteiger partial charge in [0.25, 0.3) is 5.56 Å². The van der Waals surface area contributed by atoms with Crippen LogP contribution in [-0.4, -0.2) is 17.1 Å². The molecule has 2 heterocycles. The predicted molar refractivity (Wildman–Crippen MR) is 82.5 cm³/mol. The van der Waals surface area contributed by atoms with Gasteiger partial charge in [0.2, 0.25) is 0 Å². The topological polar surface area (TPSA) is 48.3 Å². The van der Waals surface area contributed by atoms with E-state index >= 15 is 0 Å². The Hall–Kier alpha value is -1.14. The number of pyridine rings is 1. The molecule has 0 atom stereocenters. The van der Waals surface area contributed by atoms with Gasteiger partial charge in [0.15, 0.2) is 0 Å². The van der Waals surface area contributed by atoms with Gasteiger partial charge in [-0.3, -0.25) is 9.36 Å². The van der Waals surface area contributed by atoms with Crippen molar-refractivity contribution in [1.29, 1.82) is 0 Å². The fraction of sp³-hybridized carbons (Fsp3) is 0.429. The fourth-order valence-corrected chi connectivity index (χ4v) is 4.11. The molecule has 0 amide bonds. The molecule has 0 unspecified atom stereocenters. The van der Waals surface area contributed by atoms with Crippen LogP contribution in [0.15, 0.2) is 21.4 Å². The van der Waals surface area contributed by atoms with Gasteiger partial charge < -0.3 is 4.74 Å². The summed E-state index contributed by atoms with van der Waals surface area (Å²) in [6.45, 7) is 2.86. The van der Waals surface area contributed by atoms with Crippen LogP contribution in [0.25, 0.3) is 10.2 Å². The number of aromatic nitrogens is 1. The monoisotopic (exact) mass is 355 g/mol. The van der Waals surface area contributed by atoms with Crippen molar-refractivity contribution in [3.8, 4) is 0 Å². The van der Waals surface area contributed by atoms with E-state index in [0.717, 1.165) is 21.2 Å². The lowest BCUT2D eigenvalue weighted by Crippen LogP contribution is -2.19. The SMILES string of the molecule is CCOC(=O)c1sc2c(ccc(=O)n2CC2CC2)c1Br. The maximum absolute atomic E-state index is 12.1. The van der Waals surface area contributed by atoms with E-state index in [-0.39, 0.29) is 11.5 Å². The predicted octanol–water partition coefficient (Wildman–Crippen LogP) is 3.41. The molecule has 4 nitrogen and oxygen atoms in total. The van der Waals surface area contributed by atoms with Crippen molar-refractivity contribution in [2.75, 3.05) is 6.61 Å². The number of thiophene rings is 1. The van der Waals surface area contributed by atoms with E-state index in [9.17, 15) is 9.59 Å². The maximum Gasteiger partial charge on any atom is 0.349 e. The molecule has 0 spiro atoms. The summed E-state index contributed by atoms with van der Waals surface area (Å²) < 4.78 is 7.56. The molecule has 0 N–H and O–H groups in total. The van der Waals surface area contributed by atoms with E-state index in [1.165, 1.54) is 24.2 Å². The molecule has 106 valence electrons. The molecule has 20 heavy (non-hydrogen) atoms. The summed E-state index contributed by atoms with van der Waals surface area (Å²) in [6, 6.07) is 3.33. The summed E-state index contributed by atoms with van der Waals surface area (Å²) in [5.41, 5.74) is -0.00596. The highest BCUT2D eigenvalue weighted by atomic mass is 79.9. The largest absolute Gasteiger partial charge is 0.462 e. The lowest BCUT2D eigenvalue weighted by Gasteiger charge is -2.05. The molecule has 6 heteroatoms. The van der Waals surface area contributed by atoms with E-state index in [4.69, 9.17) is 4.74 Å². The molecule has 0 bridgehead atoms. The first-order valence-electron chi connectivity index (χ1n) is 6.60. The van der Waals surface area contributed by atoms with Crippen LogP contribution >= 0.6 is 27.3 Å². The molecule has 1 aliphatic carbocycles. The summed E-state index contributed by atoms with van der Waals surface area (Å²) in [6.07, 6.45) is 2.36. The van der Waals surface area contributed by atoms with Gasteiger partial charge in [-0.25, -0.2) is 4.79 Å². The van der Waals surface area contributed by atoms with Gasteiger partial charge in [-0.2, -0.15) is 0 Å². The highest BCUT2D eigenvalue weighted by Crippen LogP contribution is 2.37. The van der Waals surface area contributed by atoms with Gasteiger partial charge in [-0.15, -0.1) is 11.3 Å². The first kappa shape index (κ1) is 13.8. The van der Waals surface area contributed by atoms with Crippen LogP contribution in [0, 0.1) is 5.92 Å². The minimum Gasteiger partial charge on any atom is -0.462 e. The van der Waals surface area contributed by atoms with Crippen molar-refractivity contribution in [2.45, 2.75) is 26.3 Å². The van der Waals surface area contributed by atoms with E-state index < -0.39 is 0 Å². The lowest BCUT2D eigenvalue weighted by atomic mass is 10.3. The summed E-state index contributed by atoms with van der Waals surface area (Å²) in [4.78, 5) is 25.4. The number of halogens is 1. The Kier molecular flexibility index (Phi) is 3.69. The van der Waals surface area contributed by atoms with Crippen LogP contribution in [0.4, 0.5) is 0 Å². The van der Waals surface area contributed by atoms with Crippen molar-refractivity contribution < 1.29 is 9.53 Å². The van der Waals surface area contributed by atoms with Crippen molar-refractivity contribution in [3.63, 3.8) is 0 Å². The number of hydrogen-bond donors (Lipinski definition) is 0. The number of nitrogens with zero attached hydrogens (tertiary/aromatic N) is 1. The number of hydrogen-bond acceptors (Lipinski definition) is 4. The average molecular weight is 356 g/mol. The zero-order valence-corrected chi connectivity index (χ0v) is 13.4. The zero-order chi connectivity index (χ0) is 14.3. The molecule has 2 aromatic rings. The molecule has 0 radical (unpaired) electrons. The highest BCUT2D eigenvalue weighted by molar-refractivity contribution is 9.10. The lowest BCUT2D eigenvalue weighted by molar-refractivity contribution is 0.0531. The number of fused-ring (bicyclic) bond motifs is 1. The van der Waals surface area contributed by atoms with Crippen LogP contribution in [0.1, 0.15) is 29.4 Å². The van der Waals surface area contributed by atoms with Crippen molar-refractivity contribution in [1.82, 2.24) is 4.57 Å². The number of rotatable bonds is 4. The molecule has 1 saturated carbocycles. The summed E-state index contributed by atoms with van der Waals surface area (Å²) >= 11 is 4.78. The van der Waals surface area contributed by atoms with E-state index in [0.29, 0.717) is 17.4 Å². The Bertz CT molecular complexity index is 730. The van der Waals surface area contributed by atoms with Gasteiger partial charge >= 0.3 is 5.97 Å². The third kappa shape index (κ3) is 2.42. The van der Waals surface area contributed by atoms with Gasteiger partial charge in [0.1, 0.15) is 9.71 Å². The van der Waals surface area contributed by atoms with Gasteiger partial charge in [0, 0.05) is 18.0 Å². The first-order valence-corrected chi connectivity index (χ1v) is 8.21. The molecule has 1 aliphatic rings. The maximum atomic E-state index is 12.1. The smallest absolute Gasteiger partial charge is 0.349 e. The second kappa shape index (κ2) is 5.33. The van der Waals surface area contributed by atoms with Crippen molar-refractivity contribution in [2.24, 2.45) is 5.92 Å². The van der Waals surface area contributed by atoms with Gasteiger partial charge in [-0.05, 0) is 47.7 Å². The summed E-state index contributed by atoms with van der Waals surface area (Å²) in [5, 5.41) is 0.901. The Morgan fingerprint density at radius 2 is 2.25 bits per heavy atom. The number of carbonyl (C=O) groups excluding carboxylic acids is 1. The molecule has 3 rings (SSSR count). The Morgan fingerprint density at radius 3 is 2.90 bits per heavy atom. The molecule has 2 aromatic heterocycles. The molecular weight excluding hydrogens is 342 g/mol. The van der Waals surface area contributed by atoms with E-state index in [2.05, 4.69) is 15.9 Å². The second-order valence-corrected chi connectivity index (χ2v) is 6.70. The molecule has 0 saturated heterocycles. The molecule has 0 aliphatic heterocycles. The van der Waals surface area contributed by atoms with Gasteiger partial charge in [-0.1, -0.05) is 0 Å². The third-order valence-electron chi connectivity index (χ3n) is 3.37. The zero-order valence-electron chi connectivity index (χ0n) is 11.0. The number of esters is 1. The van der Waals surface area contributed by atoms with E-state index in [1.54, 1.807) is 23.6 Å². The third-order valence-corrected chi connectivity index (χ3v) is 5.66. The minimum atomic E-state index is -0.342. The standard InChI is InChI=1S/C14H14BrNO3S/c1-2-19-14(18)12-11(15)9-5-6-10(17)16(13(9)20-12)7-8-3-4-8/h5-6,8H,2-4,7H2,1H3. The van der Waals surface area contributed by atoms with Crippen LogP contribution < -0.4 is 5.56 Å². The van der Waals surface area contributed by atoms with E-state index in [1.807, 2.05) is 0 Å². The van der Waals surface area contributed by atoms with Crippen LogP contribution in [-0.2, 0) is 11.3 Å². The fourth-order valence-electron chi connectivity index (χ4n) is 2.16. The van der Waals surface area contributed by atoms with Gasteiger partial charge in [0.05, 0.1) is 11.1 Å². The number of carbonyl (C=O) groups is 1. The highest BCUT2D eigenvalue weighted by Gasteiger charge is 2.25. The molecule has 1 fully saturated rings. The van der Waals surface area contributed by atoms with Crippen LogP contribution in [0.5, 0.6) is 0 Å². The van der Waals surface area contributed by atoms with Crippen molar-refractivity contribution in [3.05, 3.63) is 31.8 Å². The summed E-state index contributed by atoms with van der Waals surface area (Å²) in [7, 11) is 0. The Labute approximate surface area is 128 Å². The molecular formula is C14H14BrNO3S. The van der Waals surface area contributed by atoms with Crippen molar-refractivity contribution >= 4 is 43.5 Å². The molecule has 0 aromatic carbocycles. The minimum absolute atomic E-state index is 0.00596. The number of ether oxygens (including phenoxy) is 1. The average Bonchev–Trinajstić information content (AvgIpc) is 3.17. The van der Waals surface area contributed by atoms with Crippen LogP contribution in [0.3, 0.4) is 0 Å². The summed E-state index contributed by atoms with van der Waals surface area (Å²) in [5.74, 6) is 0.260. The Balaban J connectivity index is 2.14. The quantitative estimate of drug-likeness (QED) is 0.789. The normalized spacial score (nSPS) is 14.7.